The average Bonchev–Trinajstić information content (AvgIpc) is 3.27. The summed E-state index contributed by atoms with van der Waals surface area (Å²) in [7, 11) is 1.83. The fourth-order valence-electron chi connectivity index (χ4n) is 3.23. The van der Waals surface area contributed by atoms with Gasteiger partial charge in [-0.05, 0) is 32.0 Å². The predicted octanol–water partition coefficient (Wildman–Crippen LogP) is 3.09. The first kappa shape index (κ1) is 18.4. The van der Waals surface area contributed by atoms with E-state index in [1.807, 2.05) is 22.7 Å². The normalized spacial score (nSPS) is 14.7. The molecule has 3 rings (SSSR count). The monoisotopic (exact) mass is 360 g/mol. The summed E-state index contributed by atoms with van der Waals surface area (Å²) < 4.78 is 20.8. The highest BCUT2D eigenvalue weighted by Crippen LogP contribution is 2.31. The lowest BCUT2D eigenvalue weighted by Crippen LogP contribution is -2.33. The van der Waals surface area contributed by atoms with Crippen LogP contribution in [-0.2, 0) is 4.79 Å². The molecular weight excluding hydrogens is 335 g/mol. The van der Waals surface area contributed by atoms with E-state index in [9.17, 15) is 9.18 Å². The van der Waals surface area contributed by atoms with Crippen LogP contribution in [0.4, 0.5) is 10.2 Å². The number of nitrogens with zero attached hydrogens (tertiary/aromatic N) is 3. The van der Waals surface area contributed by atoms with E-state index in [1.165, 1.54) is 18.9 Å². The molecule has 1 fully saturated rings. The third-order valence-corrected chi connectivity index (χ3v) is 4.59. The molecule has 1 aliphatic rings. The lowest BCUT2D eigenvalue weighted by atomic mass is 10.2. The lowest BCUT2D eigenvalue weighted by molar-refractivity contribution is -0.117. The maximum absolute atomic E-state index is 13.5. The molecule has 2 aromatic rings. The number of para-hydroxylation sites is 1. The second-order valence-electron chi connectivity index (χ2n) is 6.66. The first-order chi connectivity index (χ1) is 12.6. The number of carbonyl (C=O) groups is 1. The molecule has 0 saturated heterocycles. The quantitative estimate of drug-likeness (QED) is 0.786. The second-order valence-corrected chi connectivity index (χ2v) is 6.66. The molecule has 1 saturated carbocycles. The molecule has 1 aromatic heterocycles. The first-order valence-corrected chi connectivity index (χ1v) is 9.02. The summed E-state index contributed by atoms with van der Waals surface area (Å²) in [4.78, 5) is 14.1. The van der Waals surface area contributed by atoms with Crippen LogP contribution in [0.1, 0.15) is 31.7 Å². The van der Waals surface area contributed by atoms with Gasteiger partial charge >= 0.3 is 0 Å². The number of amides is 1. The van der Waals surface area contributed by atoms with Gasteiger partial charge in [0.2, 0.25) is 5.91 Å². The number of aromatic nitrogens is 2. The number of nitrogens with one attached hydrogen (secondary N) is 1. The molecule has 1 N–H and O–H groups in total. The molecule has 0 atom stereocenters. The number of hydrogen-bond acceptors (Lipinski definition) is 4. The van der Waals surface area contributed by atoms with Crippen molar-refractivity contribution in [2.45, 2.75) is 31.7 Å². The summed E-state index contributed by atoms with van der Waals surface area (Å²) in [6, 6.07) is 8.51. The van der Waals surface area contributed by atoms with Crippen molar-refractivity contribution in [3.63, 3.8) is 0 Å². The van der Waals surface area contributed by atoms with Crippen molar-refractivity contribution in [2.24, 2.45) is 0 Å². The van der Waals surface area contributed by atoms with Crippen LogP contribution in [0, 0.1) is 5.82 Å². The number of hydrogen-bond donors (Lipinski definition) is 1. The minimum Gasteiger partial charge on any atom is -0.489 e. The number of benzene rings is 1. The van der Waals surface area contributed by atoms with Gasteiger partial charge in [0.05, 0.1) is 18.8 Å². The van der Waals surface area contributed by atoms with E-state index < -0.39 is 0 Å². The van der Waals surface area contributed by atoms with Crippen LogP contribution in [0.2, 0.25) is 0 Å². The molecule has 7 heteroatoms. The van der Waals surface area contributed by atoms with E-state index in [-0.39, 0.29) is 24.0 Å². The maximum atomic E-state index is 13.5. The fourth-order valence-corrected chi connectivity index (χ4v) is 3.23. The highest BCUT2D eigenvalue weighted by Gasteiger charge is 2.20. The van der Waals surface area contributed by atoms with Crippen LogP contribution >= 0.6 is 0 Å². The van der Waals surface area contributed by atoms with Gasteiger partial charge in [0, 0.05) is 12.6 Å². The van der Waals surface area contributed by atoms with Crippen molar-refractivity contribution in [1.29, 1.82) is 0 Å². The van der Waals surface area contributed by atoms with Crippen molar-refractivity contribution in [1.82, 2.24) is 14.7 Å². The highest BCUT2D eigenvalue weighted by atomic mass is 19.1. The summed E-state index contributed by atoms with van der Waals surface area (Å²) in [5.41, 5.74) is 0. The highest BCUT2D eigenvalue weighted by molar-refractivity contribution is 5.91. The molecule has 1 aromatic carbocycles. The number of carbonyl (C=O) groups excluding carboxylic acids is 1. The Hall–Kier alpha value is -2.41. The molecule has 1 amide bonds. The van der Waals surface area contributed by atoms with Crippen LogP contribution in [-0.4, -0.2) is 47.3 Å². The van der Waals surface area contributed by atoms with Gasteiger partial charge in [0.25, 0.3) is 0 Å². The van der Waals surface area contributed by atoms with Crippen LogP contribution < -0.4 is 10.1 Å². The molecule has 26 heavy (non-hydrogen) atoms. The molecule has 0 bridgehead atoms. The van der Waals surface area contributed by atoms with Crippen LogP contribution in [0.15, 0.2) is 36.5 Å². The predicted molar refractivity (Wildman–Crippen MR) is 97.8 cm³/mol. The molecule has 1 heterocycles. The number of likely N-dealkylation sites (N-methyl/N-ethyl adjacent to an activating group) is 1. The minimum absolute atomic E-state index is 0.0989. The number of anilines is 1. The third kappa shape index (κ3) is 4.82. The Morgan fingerprint density at radius 3 is 2.88 bits per heavy atom. The number of halogens is 1. The van der Waals surface area contributed by atoms with Crippen molar-refractivity contribution in [2.75, 3.05) is 32.1 Å². The first-order valence-electron chi connectivity index (χ1n) is 9.02. The van der Waals surface area contributed by atoms with E-state index >= 15 is 0 Å². The topological polar surface area (TPSA) is 59.4 Å². The zero-order valence-corrected chi connectivity index (χ0v) is 15.0. The zero-order valence-electron chi connectivity index (χ0n) is 15.0. The Morgan fingerprint density at radius 2 is 2.12 bits per heavy atom. The van der Waals surface area contributed by atoms with Crippen LogP contribution in [0.25, 0.3) is 0 Å². The largest absolute Gasteiger partial charge is 0.489 e. The van der Waals surface area contributed by atoms with Crippen LogP contribution in [0.5, 0.6) is 5.75 Å². The average molecular weight is 360 g/mol. The van der Waals surface area contributed by atoms with Crippen molar-refractivity contribution in [3.8, 4) is 5.75 Å². The minimum atomic E-state index is -0.381. The molecule has 0 unspecified atom stereocenters. The van der Waals surface area contributed by atoms with Crippen LogP contribution in [0.3, 0.4) is 0 Å². The van der Waals surface area contributed by atoms with Gasteiger partial charge < -0.3 is 10.1 Å². The third-order valence-electron chi connectivity index (χ3n) is 4.59. The van der Waals surface area contributed by atoms with Gasteiger partial charge in [-0.15, -0.1) is 0 Å². The van der Waals surface area contributed by atoms with Gasteiger partial charge in [-0.1, -0.05) is 25.0 Å². The Labute approximate surface area is 152 Å². The molecule has 1 aliphatic carbocycles. The zero-order chi connectivity index (χ0) is 18.4. The maximum Gasteiger partial charge on any atom is 0.239 e. The molecule has 0 spiro atoms. The fraction of sp³-hybridized carbons (Fsp3) is 0.474. The van der Waals surface area contributed by atoms with Gasteiger partial charge in [-0.3, -0.25) is 9.69 Å². The Bertz CT molecular complexity index is 728. The van der Waals surface area contributed by atoms with E-state index in [1.54, 1.807) is 24.4 Å². The molecular formula is C19H25FN4O2. The molecule has 6 nitrogen and oxygen atoms in total. The van der Waals surface area contributed by atoms with Gasteiger partial charge in [-0.2, -0.15) is 5.10 Å². The Morgan fingerprint density at radius 1 is 1.35 bits per heavy atom. The second kappa shape index (κ2) is 8.80. The summed E-state index contributed by atoms with van der Waals surface area (Å²) in [5, 5.41) is 7.29. The standard InChI is InChI=1S/C19H25FN4O2/c1-23(12-13-26-17-9-5-4-8-16(17)20)14-19(25)22-18-10-11-21-24(18)15-6-2-3-7-15/h4-5,8-11,15H,2-3,6-7,12-14H2,1H3,(H,22,25). The van der Waals surface area contributed by atoms with Gasteiger partial charge in [0.1, 0.15) is 12.4 Å². The molecule has 140 valence electrons. The molecule has 0 radical (unpaired) electrons. The Kier molecular flexibility index (Phi) is 6.22. The SMILES string of the molecule is CN(CCOc1ccccc1F)CC(=O)Nc1ccnn1C1CCCC1. The van der Waals surface area contributed by atoms with E-state index in [2.05, 4.69) is 10.4 Å². The number of ether oxygens (including phenoxy) is 1. The van der Waals surface area contributed by atoms with E-state index in [0.29, 0.717) is 19.2 Å². The smallest absolute Gasteiger partial charge is 0.239 e. The molecule has 0 aliphatic heterocycles. The summed E-state index contributed by atoms with van der Waals surface area (Å²) in [6.07, 6.45) is 6.36. The van der Waals surface area contributed by atoms with Gasteiger partial charge in [0.15, 0.2) is 11.6 Å². The summed E-state index contributed by atoms with van der Waals surface area (Å²) >= 11 is 0. The van der Waals surface area contributed by atoms with Gasteiger partial charge in [-0.25, -0.2) is 9.07 Å². The van der Waals surface area contributed by atoms with Crippen molar-refractivity contribution < 1.29 is 13.9 Å². The summed E-state index contributed by atoms with van der Waals surface area (Å²) in [6.45, 7) is 1.06. The van der Waals surface area contributed by atoms with Crippen molar-refractivity contribution >= 4 is 11.7 Å². The summed E-state index contributed by atoms with van der Waals surface area (Å²) in [5.74, 6) is 0.495. The Balaban J connectivity index is 1.43. The van der Waals surface area contributed by atoms with E-state index in [0.717, 1.165) is 18.7 Å². The number of rotatable bonds is 8. The van der Waals surface area contributed by atoms with E-state index in [4.69, 9.17) is 4.74 Å². The lowest BCUT2D eigenvalue weighted by Gasteiger charge is -2.18. The van der Waals surface area contributed by atoms with Crippen molar-refractivity contribution in [3.05, 3.63) is 42.3 Å².